The SMILES string of the molecule is CCNC(=NCc1ccc(N2CC(C)OC(C)C2)nc1)NCc1ccccc1CC. The van der Waals surface area contributed by atoms with Crippen molar-refractivity contribution >= 4 is 11.8 Å². The minimum Gasteiger partial charge on any atom is -0.372 e. The molecule has 1 aliphatic heterocycles. The first-order chi connectivity index (χ1) is 14.6. The summed E-state index contributed by atoms with van der Waals surface area (Å²) in [5.41, 5.74) is 3.78. The molecule has 6 heteroatoms. The number of guanidine groups is 1. The van der Waals surface area contributed by atoms with E-state index in [1.54, 1.807) is 0 Å². The van der Waals surface area contributed by atoms with Crippen molar-refractivity contribution in [1.82, 2.24) is 15.6 Å². The Labute approximate surface area is 180 Å². The molecule has 6 nitrogen and oxygen atoms in total. The molecule has 1 aliphatic rings. The number of anilines is 1. The molecule has 0 bridgehead atoms. The molecule has 0 radical (unpaired) electrons. The standard InChI is InChI=1S/C24H35N5O/c1-5-21-9-7-8-10-22(21)15-28-24(25-6-2)27-14-20-11-12-23(26-13-20)29-16-18(3)30-19(4)17-29/h7-13,18-19H,5-6,14-17H2,1-4H3,(H2,25,27,28). The Kier molecular flexibility index (Phi) is 8.08. The van der Waals surface area contributed by atoms with Crippen LogP contribution in [0.1, 0.15) is 44.4 Å². The minimum absolute atomic E-state index is 0.228. The number of rotatable bonds is 7. The van der Waals surface area contributed by atoms with Crippen molar-refractivity contribution in [3.8, 4) is 0 Å². The Morgan fingerprint density at radius 1 is 1.07 bits per heavy atom. The summed E-state index contributed by atoms with van der Waals surface area (Å²) in [4.78, 5) is 11.7. The third-order valence-electron chi connectivity index (χ3n) is 5.26. The average Bonchev–Trinajstić information content (AvgIpc) is 2.75. The van der Waals surface area contributed by atoms with Gasteiger partial charge in [0.1, 0.15) is 5.82 Å². The molecular weight excluding hydrogens is 374 g/mol. The topological polar surface area (TPSA) is 61.8 Å². The van der Waals surface area contributed by atoms with Crippen LogP contribution >= 0.6 is 0 Å². The molecule has 1 aromatic carbocycles. The highest BCUT2D eigenvalue weighted by Gasteiger charge is 2.22. The zero-order valence-corrected chi connectivity index (χ0v) is 18.7. The van der Waals surface area contributed by atoms with E-state index in [9.17, 15) is 0 Å². The maximum atomic E-state index is 5.82. The minimum atomic E-state index is 0.228. The highest BCUT2D eigenvalue weighted by molar-refractivity contribution is 5.79. The number of ether oxygens (including phenoxy) is 1. The predicted octanol–water partition coefficient (Wildman–Crippen LogP) is 3.51. The van der Waals surface area contributed by atoms with E-state index in [2.05, 4.69) is 84.6 Å². The number of aliphatic imine (C=N–C) groups is 1. The van der Waals surface area contributed by atoms with Crippen LogP contribution in [-0.2, 0) is 24.2 Å². The predicted molar refractivity (Wildman–Crippen MR) is 124 cm³/mol. The van der Waals surface area contributed by atoms with Crippen LogP contribution in [0, 0.1) is 0 Å². The summed E-state index contributed by atoms with van der Waals surface area (Å²) in [7, 11) is 0. The number of benzene rings is 1. The van der Waals surface area contributed by atoms with Crippen molar-refractivity contribution in [3.63, 3.8) is 0 Å². The van der Waals surface area contributed by atoms with Gasteiger partial charge in [0.2, 0.25) is 0 Å². The number of morpholine rings is 1. The Balaban J connectivity index is 1.60. The summed E-state index contributed by atoms with van der Waals surface area (Å²) in [6, 6.07) is 12.7. The normalized spacial score (nSPS) is 19.6. The molecule has 0 aliphatic carbocycles. The lowest BCUT2D eigenvalue weighted by atomic mass is 10.1. The van der Waals surface area contributed by atoms with Crippen molar-refractivity contribution < 1.29 is 4.74 Å². The van der Waals surface area contributed by atoms with E-state index in [-0.39, 0.29) is 12.2 Å². The van der Waals surface area contributed by atoms with Gasteiger partial charge in [-0.3, -0.25) is 0 Å². The zero-order valence-electron chi connectivity index (χ0n) is 18.7. The Hall–Kier alpha value is -2.60. The van der Waals surface area contributed by atoms with Gasteiger partial charge < -0.3 is 20.3 Å². The van der Waals surface area contributed by atoms with Crippen molar-refractivity contribution in [3.05, 3.63) is 59.3 Å². The Bertz CT molecular complexity index is 811. The first kappa shape index (κ1) is 22.1. The second-order valence-electron chi connectivity index (χ2n) is 7.86. The fourth-order valence-electron chi connectivity index (χ4n) is 3.83. The highest BCUT2D eigenvalue weighted by Crippen LogP contribution is 2.18. The molecule has 0 amide bonds. The summed E-state index contributed by atoms with van der Waals surface area (Å²) < 4.78 is 5.82. The molecule has 0 saturated carbocycles. The quantitative estimate of drug-likeness (QED) is 0.541. The number of nitrogens with zero attached hydrogens (tertiary/aromatic N) is 3. The van der Waals surface area contributed by atoms with Crippen LogP contribution in [0.25, 0.3) is 0 Å². The monoisotopic (exact) mass is 409 g/mol. The fourth-order valence-corrected chi connectivity index (χ4v) is 3.83. The number of hydrogen-bond donors (Lipinski definition) is 2. The summed E-state index contributed by atoms with van der Waals surface area (Å²) >= 11 is 0. The van der Waals surface area contributed by atoms with Gasteiger partial charge in [-0.15, -0.1) is 0 Å². The summed E-state index contributed by atoms with van der Waals surface area (Å²) in [5.74, 6) is 1.83. The van der Waals surface area contributed by atoms with E-state index in [1.165, 1.54) is 11.1 Å². The van der Waals surface area contributed by atoms with Crippen molar-refractivity contribution in [2.24, 2.45) is 4.99 Å². The lowest BCUT2D eigenvalue weighted by Gasteiger charge is -2.36. The van der Waals surface area contributed by atoms with Crippen LogP contribution in [0.15, 0.2) is 47.6 Å². The molecule has 1 fully saturated rings. The summed E-state index contributed by atoms with van der Waals surface area (Å²) in [6.45, 7) is 12.4. The largest absolute Gasteiger partial charge is 0.372 e. The van der Waals surface area contributed by atoms with Crippen molar-refractivity contribution in [2.75, 3.05) is 24.5 Å². The van der Waals surface area contributed by atoms with Crippen LogP contribution in [0.5, 0.6) is 0 Å². The van der Waals surface area contributed by atoms with Crippen LogP contribution in [0.2, 0.25) is 0 Å². The van der Waals surface area contributed by atoms with Gasteiger partial charge in [-0.2, -0.15) is 0 Å². The second kappa shape index (κ2) is 11.0. The van der Waals surface area contributed by atoms with E-state index < -0.39 is 0 Å². The third-order valence-corrected chi connectivity index (χ3v) is 5.26. The average molecular weight is 410 g/mol. The van der Waals surface area contributed by atoms with Gasteiger partial charge >= 0.3 is 0 Å². The van der Waals surface area contributed by atoms with Crippen molar-refractivity contribution in [1.29, 1.82) is 0 Å². The molecule has 2 unspecified atom stereocenters. The first-order valence-corrected chi connectivity index (χ1v) is 11.0. The first-order valence-electron chi connectivity index (χ1n) is 11.0. The third kappa shape index (κ3) is 6.20. The van der Waals surface area contributed by atoms with Gasteiger partial charge in [0.05, 0.1) is 18.8 Å². The molecule has 162 valence electrons. The number of aryl methyl sites for hydroxylation is 1. The van der Waals surface area contributed by atoms with Gasteiger partial charge in [-0.1, -0.05) is 37.3 Å². The lowest BCUT2D eigenvalue weighted by Crippen LogP contribution is -2.45. The van der Waals surface area contributed by atoms with Gasteiger partial charge in [-0.25, -0.2) is 9.98 Å². The lowest BCUT2D eigenvalue weighted by molar-refractivity contribution is -0.00545. The van der Waals surface area contributed by atoms with E-state index in [0.717, 1.165) is 49.9 Å². The molecule has 2 heterocycles. The molecule has 3 rings (SSSR count). The van der Waals surface area contributed by atoms with E-state index in [1.807, 2.05) is 6.20 Å². The molecule has 1 aromatic heterocycles. The Morgan fingerprint density at radius 2 is 1.80 bits per heavy atom. The molecule has 2 N–H and O–H groups in total. The molecule has 0 spiro atoms. The number of hydrogen-bond acceptors (Lipinski definition) is 4. The second-order valence-corrected chi connectivity index (χ2v) is 7.86. The summed E-state index contributed by atoms with van der Waals surface area (Å²) in [6.07, 6.45) is 3.42. The Morgan fingerprint density at radius 3 is 2.43 bits per heavy atom. The van der Waals surface area contributed by atoms with Crippen molar-refractivity contribution in [2.45, 2.75) is 59.4 Å². The smallest absolute Gasteiger partial charge is 0.191 e. The summed E-state index contributed by atoms with van der Waals surface area (Å²) in [5, 5.41) is 6.78. The van der Waals surface area contributed by atoms with Gasteiger partial charge in [0.15, 0.2) is 5.96 Å². The highest BCUT2D eigenvalue weighted by atomic mass is 16.5. The molecule has 30 heavy (non-hydrogen) atoms. The van der Waals surface area contributed by atoms with Gasteiger partial charge in [0, 0.05) is 32.4 Å². The zero-order chi connectivity index (χ0) is 21.3. The number of aromatic nitrogens is 1. The maximum absolute atomic E-state index is 5.82. The van der Waals surface area contributed by atoms with Gasteiger partial charge in [-0.05, 0) is 49.9 Å². The molecular formula is C24H35N5O. The number of nitrogens with one attached hydrogen (secondary N) is 2. The maximum Gasteiger partial charge on any atom is 0.191 e. The van der Waals surface area contributed by atoms with Crippen LogP contribution in [-0.4, -0.2) is 42.8 Å². The fraction of sp³-hybridized carbons (Fsp3) is 0.500. The van der Waals surface area contributed by atoms with Crippen LogP contribution < -0.4 is 15.5 Å². The van der Waals surface area contributed by atoms with E-state index in [4.69, 9.17) is 9.73 Å². The van der Waals surface area contributed by atoms with Crippen LogP contribution in [0.4, 0.5) is 5.82 Å². The molecule has 2 atom stereocenters. The molecule has 2 aromatic rings. The van der Waals surface area contributed by atoms with E-state index >= 15 is 0 Å². The van der Waals surface area contributed by atoms with Gasteiger partial charge in [0.25, 0.3) is 0 Å². The van der Waals surface area contributed by atoms with E-state index in [0.29, 0.717) is 6.54 Å². The van der Waals surface area contributed by atoms with Crippen LogP contribution in [0.3, 0.4) is 0 Å². The molecule has 1 saturated heterocycles. The number of pyridine rings is 1.